The Hall–Kier alpha value is -1.35. The van der Waals surface area contributed by atoms with E-state index < -0.39 is 5.54 Å². The predicted octanol–water partition coefficient (Wildman–Crippen LogP) is 3.10. The molecular weight excluding hydrogens is 250 g/mol. The van der Waals surface area contributed by atoms with Crippen molar-refractivity contribution in [3.63, 3.8) is 0 Å². The lowest BCUT2D eigenvalue weighted by atomic mass is 9.82. The van der Waals surface area contributed by atoms with Crippen LogP contribution >= 0.6 is 0 Å². The monoisotopic (exact) mass is 275 g/mol. The van der Waals surface area contributed by atoms with Crippen LogP contribution in [0.3, 0.4) is 0 Å². The van der Waals surface area contributed by atoms with Crippen LogP contribution in [0.5, 0.6) is 0 Å². The molecule has 20 heavy (non-hydrogen) atoms. The Morgan fingerprint density at radius 3 is 2.50 bits per heavy atom. The highest BCUT2D eigenvalue weighted by molar-refractivity contribution is 5.82. The highest BCUT2D eigenvalue weighted by Crippen LogP contribution is 2.34. The van der Waals surface area contributed by atoms with Gasteiger partial charge in [-0.1, -0.05) is 44.2 Å². The first-order valence-corrected chi connectivity index (χ1v) is 7.47. The fourth-order valence-corrected chi connectivity index (χ4v) is 2.72. The quantitative estimate of drug-likeness (QED) is 0.777. The molecule has 0 radical (unpaired) electrons. The van der Waals surface area contributed by atoms with Crippen molar-refractivity contribution >= 4 is 5.97 Å². The summed E-state index contributed by atoms with van der Waals surface area (Å²) in [6.45, 7) is 5.16. The summed E-state index contributed by atoms with van der Waals surface area (Å²) in [5.41, 5.74) is 0.286. The van der Waals surface area contributed by atoms with E-state index in [2.05, 4.69) is 19.2 Å². The number of hydrogen-bond acceptors (Lipinski definition) is 3. The number of ether oxygens (including phenoxy) is 1. The second kappa shape index (κ2) is 6.40. The number of carbonyl (C=O) groups is 1. The lowest BCUT2D eigenvalue weighted by Gasteiger charge is -2.34. The van der Waals surface area contributed by atoms with Crippen molar-refractivity contribution in [2.45, 2.75) is 38.6 Å². The van der Waals surface area contributed by atoms with Crippen LogP contribution in [0.15, 0.2) is 30.3 Å². The van der Waals surface area contributed by atoms with Crippen LogP contribution in [0.25, 0.3) is 0 Å². The van der Waals surface area contributed by atoms with E-state index in [1.807, 2.05) is 30.3 Å². The van der Waals surface area contributed by atoms with E-state index in [1.165, 1.54) is 20.0 Å². The Labute approximate surface area is 121 Å². The van der Waals surface area contributed by atoms with E-state index in [4.69, 9.17) is 4.74 Å². The average Bonchev–Trinajstić information content (AvgIpc) is 3.27. The lowest BCUT2D eigenvalue weighted by Crippen LogP contribution is -2.51. The minimum atomic E-state index is -0.716. The van der Waals surface area contributed by atoms with Gasteiger partial charge in [0.1, 0.15) is 5.54 Å². The van der Waals surface area contributed by atoms with Gasteiger partial charge in [-0.15, -0.1) is 0 Å². The summed E-state index contributed by atoms with van der Waals surface area (Å²) in [5, 5.41) is 3.52. The van der Waals surface area contributed by atoms with Crippen LogP contribution in [0.4, 0.5) is 0 Å². The summed E-state index contributed by atoms with van der Waals surface area (Å²) in [4.78, 5) is 12.5. The van der Waals surface area contributed by atoms with E-state index >= 15 is 0 Å². The molecule has 1 aromatic carbocycles. The van der Waals surface area contributed by atoms with Gasteiger partial charge in [0.15, 0.2) is 0 Å². The number of methoxy groups -OCH3 is 1. The van der Waals surface area contributed by atoms with Crippen molar-refractivity contribution in [1.29, 1.82) is 0 Å². The summed E-state index contributed by atoms with van der Waals surface area (Å²) in [6.07, 6.45) is 3.28. The number of esters is 1. The first-order chi connectivity index (χ1) is 9.58. The predicted molar refractivity (Wildman–Crippen MR) is 80.3 cm³/mol. The molecular formula is C17H25NO2. The van der Waals surface area contributed by atoms with Crippen LogP contribution in [-0.2, 0) is 15.1 Å². The fraction of sp³-hybridized carbons (Fsp3) is 0.588. The Balaban J connectivity index is 2.32. The molecule has 0 bridgehead atoms. The highest BCUT2D eigenvalue weighted by Gasteiger charge is 2.42. The molecule has 1 aliphatic rings. The molecule has 2 rings (SSSR count). The number of rotatable bonds is 7. The van der Waals surface area contributed by atoms with Crippen molar-refractivity contribution in [2.24, 2.45) is 11.8 Å². The maximum atomic E-state index is 12.5. The topological polar surface area (TPSA) is 38.3 Å². The third-order valence-electron chi connectivity index (χ3n) is 3.90. The highest BCUT2D eigenvalue weighted by atomic mass is 16.5. The average molecular weight is 275 g/mol. The van der Waals surface area contributed by atoms with Gasteiger partial charge >= 0.3 is 5.97 Å². The van der Waals surface area contributed by atoms with Crippen LogP contribution in [0.1, 0.15) is 38.7 Å². The first-order valence-electron chi connectivity index (χ1n) is 7.47. The van der Waals surface area contributed by atoms with Gasteiger partial charge in [0, 0.05) is 0 Å². The summed E-state index contributed by atoms with van der Waals surface area (Å²) in [7, 11) is 1.47. The Bertz CT molecular complexity index is 440. The maximum absolute atomic E-state index is 12.5. The molecule has 0 amide bonds. The lowest BCUT2D eigenvalue weighted by molar-refractivity contribution is -0.150. The second-order valence-corrected chi connectivity index (χ2v) is 6.19. The minimum absolute atomic E-state index is 0.182. The van der Waals surface area contributed by atoms with Gasteiger partial charge in [-0.25, -0.2) is 4.79 Å². The van der Waals surface area contributed by atoms with Crippen molar-refractivity contribution in [3.8, 4) is 0 Å². The smallest absolute Gasteiger partial charge is 0.330 e. The van der Waals surface area contributed by atoms with E-state index in [0.29, 0.717) is 5.92 Å². The van der Waals surface area contributed by atoms with Gasteiger partial charge < -0.3 is 4.74 Å². The van der Waals surface area contributed by atoms with Crippen LogP contribution in [0, 0.1) is 11.8 Å². The number of nitrogens with one attached hydrogen (secondary N) is 1. The molecule has 1 aliphatic carbocycles. The van der Waals surface area contributed by atoms with Gasteiger partial charge in [-0.05, 0) is 43.2 Å². The zero-order chi connectivity index (χ0) is 14.6. The molecule has 0 aromatic heterocycles. The Morgan fingerprint density at radius 2 is 2.00 bits per heavy atom. The molecule has 1 unspecified atom stereocenters. The third-order valence-corrected chi connectivity index (χ3v) is 3.90. The Morgan fingerprint density at radius 1 is 1.35 bits per heavy atom. The SMILES string of the molecule is COC(=O)C(CC(C)C)(NCC1CC1)c1ccccc1. The molecule has 0 spiro atoms. The molecule has 110 valence electrons. The summed E-state index contributed by atoms with van der Waals surface area (Å²) in [5.74, 6) is 0.939. The zero-order valence-electron chi connectivity index (χ0n) is 12.7. The van der Waals surface area contributed by atoms with Gasteiger partial charge in [-0.3, -0.25) is 5.32 Å². The minimum Gasteiger partial charge on any atom is -0.467 e. The standard InChI is InChI=1S/C17H25NO2/c1-13(2)11-17(16(19)20-3,18-12-14-9-10-14)15-7-5-4-6-8-15/h4-8,13-14,18H,9-12H2,1-3H3. The summed E-state index contributed by atoms with van der Waals surface area (Å²) < 4.78 is 5.12. The molecule has 0 saturated heterocycles. The van der Waals surface area contributed by atoms with E-state index in [-0.39, 0.29) is 5.97 Å². The van der Waals surface area contributed by atoms with Crippen molar-refractivity contribution in [3.05, 3.63) is 35.9 Å². The molecule has 1 aromatic rings. The van der Waals surface area contributed by atoms with Gasteiger partial charge in [0.25, 0.3) is 0 Å². The van der Waals surface area contributed by atoms with E-state index in [1.54, 1.807) is 0 Å². The normalized spacial score (nSPS) is 17.8. The molecule has 3 heteroatoms. The fourth-order valence-electron chi connectivity index (χ4n) is 2.72. The van der Waals surface area contributed by atoms with Crippen LogP contribution in [0.2, 0.25) is 0 Å². The van der Waals surface area contributed by atoms with Crippen molar-refractivity contribution in [2.75, 3.05) is 13.7 Å². The van der Waals surface area contributed by atoms with E-state index in [0.717, 1.165) is 24.4 Å². The molecule has 3 nitrogen and oxygen atoms in total. The number of hydrogen-bond donors (Lipinski definition) is 1. The summed E-state index contributed by atoms with van der Waals surface area (Å²) in [6, 6.07) is 9.96. The zero-order valence-corrected chi connectivity index (χ0v) is 12.7. The Kier molecular flexibility index (Phi) is 4.81. The summed E-state index contributed by atoms with van der Waals surface area (Å²) >= 11 is 0. The van der Waals surface area contributed by atoms with Crippen molar-refractivity contribution < 1.29 is 9.53 Å². The second-order valence-electron chi connectivity index (χ2n) is 6.19. The molecule has 1 N–H and O–H groups in total. The number of benzene rings is 1. The number of carbonyl (C=O) groups excluding carboxylic acids is 1. The van der Waals surface area contributed by atoms with Gasteiger partial charge in [0.2, 0.25) is 0 Å². The molecule has 0 aliphatic heterocycles. The van der Waals surface area contributed by atoms with Gasteiger partial charge in [0.05, 0.1) is 7.11 Å². The van der Waals surface area contributed by atoms with Crippen molar-refractivity contribution in [1.82, 2.24) is 5.32 Å². The molecule has 1 atom stereocenters. The molecule has 1 fully saturated rings. The molecule has 0 heterocycles. The van der Waals surface area contributed by atoms with Crippen LogP contribution in [-0.4, -0.2) is 19.6 Å². The van der Waals surface area contributed by atoms with E-state index in [9.17, 15) is 4.79 Å². The largest absolute Gasteiger partial charge is 0.467 e. The molecule has 1 saturated carbocycles. The maximum Gasteiger partial charge on any atom is 0.330 e. The van der Waals surface area contributed by atoms with Gasteiger partial charge in [-0.2, -0.15) is 0 Å². The third kappa shape index (κ3) is 3.40. The van der Waals surface area contributed by atoms with Crippen LogP contribution < -0.4 is 5.32 Å². The first kappa shape index (κ1) is 15.0.